The van der Waals surface area contributed by atoms with Crippen LogP contribution in [0.3, 0.4) is 0 Å². The number of aromatic nitrogens is 2. The van der Waals surface area contributed by atoms with Crippen LogP contribution in [-0.4, -0.2) is 34.0 Å². The highest BCUT2D eigenvalue weighted by Crippen LogP contribution is 2.47. The number of urea groups is 1. The summed E-state index contributed by atoms with van der Waals surface area (Å²) in [6, 6.07) is 8.18. The summed E-state index contributed by atoms with van der Waals surface area (Å²) < 4.78 is 0. The third kappa shape index (κ3) is 1.89. The number of amides is 2. The smallest absolute Gasteiger partial charge is 0.314 e. The van der Waals surface area contributed by atoms with Crippen LogP contribution in [0.15, 0.2) is 36.8 Å². The van der Waals surface area contributed by atoms with Gasteiger partial charge in [-0.15, -0.1) is 0 Å². The molecular formula is C17H18N4O. The van der Waals surface area contributed by atoms with Gasteiger partial charge in [0, 0.05) is 30.3 Å². The van der Waals surface area contributed by atoms with E-state index in [0.717, 1.165) is 25.0 Å². The quantitative estimate of drug-likeness (QED) is 0.809. The Balaban J connectivity index is 1.79. The average Bonchev–Trinajstić information content (AvgIpc) is 2.56. The summed E-state index contributed by atoms with van der Waals surface area (Å²) in [6.07, 6.45) is 6.35. The van der Waals surface area contributed by atoms with Gasteiger partial charge >= 0.3 is 6.03 Å². The lowest BCUT2D eigenvalue weighted by Crippen LogP contribution is -2.48. The highest BCUT2D eigenvalue weighted by Gasteiger charge is 2.42. The number of piperidine rings is 1. The van der Waals surface area contributed by atoms with E-state index in [9.17, 15) is 4.79 Å². The van der Waals surface area contributed by atoms with Gasteiger partial charge in [0.25, 0.3) is 0 Å². The van der Waals surface area contributed by atoms with E-state index in [0.29, 0.717) is 13.1 Å². The molecular weight excluding hydrogens is 276 g/mol. The lowest BCUT2D eigenvalue weighted by atomic mass is 9.64. The predicted octanol–water partition coefficient (Wildman–Crippen LogP) is 2.11. The van der Waals surface area contributed by atoms with E-state index in [-0.39, 0.29) is 11.4 Å². The Labute approximate surface area is 129 Å². The summed E-state index contributed by atoms with van der Waals surface area (Å²) in [7, 11) is 0. The van der Waals surface area contributed by atoms with Crippen molar-refractivity contribution in [2.24, 2.45) is 5.73 Å². The Bertz CT molecular complexity index is 735. The molecule has 2 N–H and O–H groups in total. The zero-order chi connectivity index (χ0) is 15.2. The van der Waals surface area contributed by atoms with Crippen molar-refractivity contribution in [1.29, 1.82) is 0 Å². The van der Waals surface area contributed by atoms with E-state index in [4.69, 9.17) is 5.73 Å². The predicted molar refractivity (Wildman–Crippen MR) is 83.2 cm³/mol. The molecule has 22 heavy (non-hydrogen) atoms. The minimum Gasteiger partial charge on any atom is -0.351 e. The molecule has 0 bridgehead atoms. The maximum absolute atomic E-state index is 11.4. The van der Waals surface area contributed by atoms with Gasteiger partial charge in [-0.2, -0.15) is 0 Å². The monoisotopic (exact) mass is 294 g/mol. The van der Waals surface area contributed by atoms with Gasteiger partial charge in [-0.3, -0.25) is 0 Å². The number of likely N-dealkylation sites (tertiary alicyclic amines) is 1. The van der Waals surface area contributed by atoms with E-state index in [1.54, 1.807) is 11.2 Å². The first-order valence-corrected chi connectivity index (χ1v) is 7.63. The number of carbonyl (C=O) groups excluding carboxylic acids is 1. The molecule has 2 amide bonds. The minimum absolute atomic E-state index is 0.0697. The Morgan fingerprint density at radius 2 is 2.00 bits per heavy atom. The Morgan fingerprint density at radius 3 is 2.77 bits per heavy atom. The van der Waals surface area contributed by atoms with Gasteiger partial charge in [-0.05, 0) is 30.4 Å². The molecule has 5 heteroatoms. The molecule has 0 radical (unpaired) electrons. The molecule has 5 nitrogen and oxygen atoms in total. The third-order valence-electron chi connectivity index (χ3n) is 5.10. The van der Waals surface area contributed by atoms with Crippen LogP contribution in [0, 0.1) is 0 Å². The van der Waals surface area contributed by atoms with Crippen LogP contribution in [0.1, 0.15) is 24.0 Å². The first kappa shape index (κ1) is 13.2. The van der Waals surface area contributed by atoms with Crippen molar-refractivity contribution in [2.45, 2.75) is 24.7 Å². The Kier molecular flexibility index (Phi) is 2.89. The van der Waals surface area contributed by atoms with E-state index in [2.05, 4.69) is 34.2 Å². The topological polar surface area (TPSA) is 72.1 Å². The van der Waals surface area contributed by atoms with E-state index in [1.807, 2.05) is 6.20 Å². The number of hydrogen-bond donors (Lipinski definition) is 1. The van der Waals surface area contributed by atoms with Crippen molar-refractivity contribution in [1.82, 2.24) is 14.9 Å². The second kappa shape index (κ2) is 4.80. The maximum atomic E-state index is 11.4. The SMILES string of the molecule is NC(=O)N1CCC2(CC1)Cc1cncnc1-c1ccccc12. The average molecular weight is 294 g/mol. The van der Waals surface area contributed by atoms with Crippen LogP contribution in [0.4, 0.5) is 4.79 Å². The largest absolute Gasteiger partial charge is 0.351 e. The highest BCUT2D eigenvalue weighted by atomic mass is 16.2. The molecule has 2 aliphatic rings. The van der Waals surface area contributed by atoms with Crippen molar-refractivity contribution in [3.05, 3.63) is 47.9 Å². The second-order valence-corrected chi connectivity index (χ2v) is 6.22. The maximum Gasteiger partial charge on any atom is 0.314 e. The van der Waals surface area contributed by atoms with Gasteiger partial charge in [0.2, 0.25) is 0 Å². The molecule has 0 atom stereocenters. The molecule has 0 unspecified atom stereocenters. The standard InChI is InChI=1S/C17H18N4O/c18-16(22)21-7-5-17(6-8-21)9-12-10-19-11-20-15(12)13-3-1-2-4-14(13)17/h1-4,10-11H,5-9H2,(H2,18,22). The van der Waals surface area contributed by atoms with Gasteiger partial charge < -0.3 is 10.6 Å². The molecule has 0 saturated carbocycles. The molecule has 2 heterocycles. The summed E-state index contributed by atoms with van der Waals surface area (Å²) in [5, 5.41) is 0. The van der Waals surface area contributed by atoms with Crippen LogP contribution in [0.5, 0.6) is 0 Å². The molecule has 1 aliphatic heterocycles. The summed E-state index contributed by atoms with van der Waals surface area (Å²) in [5.41, 5.74) is 10.3. The number of rotatable bonds is 0. The lowest BCUT2D eigenvalue weighted by molar-refractivity contribution is 0.163. The first-order chi connectivity index (χ1) is 10.7. The van der Waals surface area contributed by atoms with E-state index in [1.165, 1.54) is 16.7 Å². The number of nitrogens with zero attached hydrogens (tertiary/aromatic N) is 3. The Morgan fingerprint density at radius 1 is 1.23 bits per heavy atom. The van der Waals surface area contributed by atoms with Crippen LogP contribution in [0.25, 0.3) is 11.3 Å². The fraction of sp³-hybridized carbons (Fsp3) is 0.353. The van der Waals surface area contributed by atoms with E-state index < -0.39 is 0 Å². The molecule has 4 rings (SSSR count). The number of nitrogens with two attached hydrogens (primary N) is 1. The van der Waals surface area contributed by atoms with Crippen LogP contribution >= 0.6 is 0 Å². The molecule has 1 aromatic carbocycles. The third-order valence-corrected chi connectivity index (χ3v) is 5.10. The Hall–Kier alpha value is -2.43. The number of fused-ring (bicyclic) bond motifs is 4. The van der Waals surface area contributed by atoms with Crippen molar-refractivity contribution in [2.75, 3.05) is 13.1 Å². The van der Waals surface area contributed by atoms with Crippen LogP contribution in [-0.2, 0) is 11.8 Å². The van der Waals surface area contributed by atoms with Gasteiger partial charge in [-0.1, -0.05) is 24.3 Å². The van der Waals surface area contributed by atoms with Gasteiger partial charge in [0.1, 0.15) is 6.33 Å². The molecule has 1 aromatic heterocycles. The number of benzene rings is 1. The van der Waals surface area contributed by atoms with Crippen molar-refractivity contribution in [3.63, 3.8) is 0 Å². The highest BCUT2D eigenvalue weighted by molar-refractivity contribution is 5.73. The fourth-order valence-electron chi connectivity index (χ4n) is 3.94. The van der Waals surface area contributed by atoms with Gasteiger partial charge in [0.15, 0.2) is 0 Å². The molecule has 1 aliphatic carbocycles. The summed E-state index contributed by atoms with van der Waals surface area (Å²) in [5.74, 6) is 0. The van der Waals surface area contributed by atoms with Crippen molar-refractivity contribution in [3.8, 4) is 11.3 Å². The van der Waals surface area contributed by atoms with Crippen LogP contribution in [0.2, 0.25) is 0 Å². The normalized spacial score (nSPS) is 18.6. The molecule has 112 valence electrons. The lowest BCUT2D eigenvalue weighted by Gasteiger charge is -2.45. The van der Waals surface area contributed by atoms with E-state index >= 15 is 0 Å². The molecule has 1 spiro atoms. The summed E-state index contributed by atoms with van der Waals surface area (Å²) in [4.78, 5) is 21.8. The zero-order valence-corrected chi connectivity index (χ0v) is 12.3. The molecule has 2 aromatic rings. The fourth-order valence-corrected chi connectivity index (χ4v) is 3.94. The molecule has 1 saturated heterocycles. The second-order valence-electron chi connectivity index (χ2n) is 6.22. The van der Waals surface area contributed by atoms with Gasteiger partial charge in [-0.25, -0.2) is 14.8 Å². The first-order valence-electron chi connectivity index (χ1n) is 7.63. The summed E-state index contributed by atoms with van der Waals surface area (Å²) in [6.45, 7) is 1.43. The molecule has 1 fully saturated rings. The van der Waals surface area contributed by atoms with Gasteiger partial charge in [0.05, 0.1) is 5.69 Å². The number of hydrogen-bond acceptors (Lipinski definition) is 3. The zero-order valence-electron chi connectivity index (χ0n) is 12.3. The van der Waals surface area contributed by atoms with Crippen molar-refractivity contribution < 1.29 is 4.79 Å². The minimum atomic E-state index is -0.317. The van der Waals surface area contributed by atoms with Crippen LogP contribution < -0.4 is 5.73 Å². The summed E-state index contributed by atoms with van der Waals surface area (Å²) >= 11 is 0. The number of primary amides is 1. The number of carbonyl (C=O) groups is 1. The van der Waals surface area contributed by atoms with Crippen molar-refractivity contribution >= 4 is 6.03 Å².